The van der Waals surface area contributed by atoms with Gasteiger partial charge in [-0.25, -0.2) is 0 Å². The fraction of sp³-hybridized carbons (Fsp3) is 0.500. The van der Waals surface area contributed by atoms with Gasteiger partial charge >= 0.3 is 5.97 Å². The number of nitrogens with zero attached hydrogens (tertiary/aromatic N) is 2. The quantitative estimate of drug-likeness (QED) is 0.897. The number of hydrogen-bond donors (Lipinski definition) is 1. The van der Waals surface area contributed by atoms with Crippen LogP contribution in [-0.2, 0) is 4.79 Å². The summed E-state index contributed by atoms with van der Waals surface area (Å²) in [5, 5.41) is 9.54. The second kappa shape index (κ2) is 4.84. The van der Waals surface area contributed by atoms with E-state index in [1.54, 1.807) is 23.4 Å². The van der Waals surface area contributed by atoms with Crippen LogP contribution in [0.4, 0.5) is 0 Å². The Morgan fingerprint density at radius 3 is 2.95 bits per heavy atom. The zero-order chi connectivity index (χ0) is 14.3. The van der Waals surface area contributed by atoms with E-state index in [-0.39, 0.29) is 11.8 Å². The summed E-state index contributed by atoms with van der Waals surface area (Å²) in [6.07, 6.45) is 5.67. The number of carbonyl (C=O) groups excluding carboxylic acids is 1. The number of fused-ring (bicyclic) bond motifs is 1. The van der Waals surface area contributed by atoms with Crippen LogP contribution in [0.3, 0.4) is 0 Å². The second-order valence-corrected chi connectivity index (χ2v) is 6.45. The maximum absolute atomic E-state index is 12.5. The van der Waals surface area contributed by atoms with Gasteiger partial charge in [0.2, 0.25) is 0 Å². The monoisotopic (exact) mass is 338 g/mol. The predicted molar refractivity (Wildman–Crippen MR) is 75.3 cm³/mol. The zero-order valence-electron chi connectivity index (χ0n) is 10.9. The Morgan fingerprint density at radius 1 is 1.50 bits per heavy atom. The Bertz CT molecular complexity index is 577. The first-order chi connectivity index (χ1) is 9.54. The van der Waals surface area contributed by atoms with Crippen molar-refractivity contribution in [3.63, 3.8) is 0 Å². The lowest BCUT2D eigenvalue weighted by Crippen LogP contribution is -2.37. The van der Waals surface area contributed by atoms with E-state index in [9.17, 15) is 14.7 Å². The molecule has 2 heterocycles. The van der Waals surface area contributed by atoms with Crippen molar-refractivity contribution in [2.24, 2.45) is 11.3 Å². The maximum atomic E-state index is 12.5. The van der Waals surface area contributed by atoms with Gasteiger partial charge < -0.3 is 10.0 Å². The lowest BCUT2D eigenvalue weighted by molar-refractivity contribution is -0.149. The average Bonchev–Trinajstić information content (AvgIpc) is 2.96. The average molecular weight is 339 g/mol. The van der Waals surface area contributed by atoms with E-state index in [2.05, 4.69) is 20.9 Å². The molecule has 1 aliphatic carbocycles. The molecule has 2 atom stereocenters. The Morgan fingerprint density at radius 2 is 2.30 bits per heavy atom. The molecule has 2 aliphatic rings. The number of rotatable bonds is 2. The van der Waals surface area contributed by atoms with Gasteiger partial charge in [0.25, 0.3) is 5.91 Å². The fourth-order valence-corrected chi connectivity index (χ4v) is 3.93. The Labute approximate surface area is 125 Å². The van der Waals surface area contributed by atoms with E-state index < -0.39 is 11.4 Å². The SMILES string of the molecule is O=C(c1ccncc1Br)N1C[C@@H]2CCC[C@@]2(C(=O)O)C1. The van der Waals surface area contributed by atoms with E-state index in [1.807, 2.05) is 0 Å². The molecule has 106 valence electrons. The lowest BCUT2D eigenvalue weighted by Gasteiger charge is -2.23. The van der Waals surface area contributed by atoms with Crippen molar-refractivity contribution in [1.29, 1.82) is 0 Å². The number of likely N-dealkylation sites (tertiary alicyclic amines) is 1. The van der Waals surface area contributed by atoms with Crippen LogP contribution in [0.1, 0.15) is 29.6 Å². The third-order valence-electron chi connectivity index (χ3n) is 4.59. The minimum Gasteiger partial charge on any atom is -0.481 e. The number of halogens is 1. The van der Waals surface area contributed by atoms with Gasteiger partial charge in [0.15, 0.2) is 0 Å². The topological polar surface area (TPSA) is 70.5 Å². The minimum atomic E-state index is -0.760. The molecule has 1 amide bonds. The largest absolute Gasteiger partial charge is 0.481 e. The lowest BCUT2D eigenvalue weighted by atomic mass is 9.81. The molecule has 1 aromatic rings. The Hall–Kier alpha value is -1.43. The number of amides is 1. The molecule has 5 nitrogen and oxygen atoms in total. The second-order valence-electron chi connectivity index (χ2n) is 5.59. The summed E-state index contributed by atoms with van der Waals surface area (Å²) in [4.78, 5) is 29.8. The fourth-order valence-electron chi connectivity index (χ4n) is 3.51. The molecule has 2 fully saturated rings. The molecular formula is C14H15BrN2O3. The van der Waals surface area contributed by atoms with Crippen molar-refractivity contribution in [2.75, 3.05) is 13.1 Å². The van der Waals surface area contributed by atoms with Gasteiger partial charge in [0.05, 0.1) is 11.0 Å². The molecule has 0 aromatic carbocycles. The smallest absolute Gasteiger partial charge is 0.311 e. The third kappa shape index (κ3) is 1.93. The summed E-state index contributed by atoms with van der Waals surface area (Å²) in [6, 6.07) is 1.66. The summed E-state index contributed by atoms with van der Waals surface area (Å²) >= 11 is 3.32. The van der Waals surface area contributed by atoms with Crippen molar-refractivity contribution in [3.8, 4) is 0 Å². The number of carbonyl (C=O) groups is 2. The predicted octanol–water partition coefficient (Wildman–Crippen LogP) is 2.17. The molecule has 1 aromatic heterocycles. The van der Waals surface area contributed by atoms with Crippen molar-refractivity contribution in [3.05, 3.63) is 28.5 Å². The normalized spacial score (nSPS) is 28.4. The van der Waals surface area contributed by atoms with E-state index in [1.165, 1.54) is 0 Å². The Balaban J connectivity index is 1.86. The maximum Gasteiger partial charge on any atom is 0.311 e. The van der Waals surface area contributed by atoms with Crippen LogP contribution >= 0.6 is 15.9 Å². The van der Waals surface area contributed by atoms with Crippen LogP contribution in [0, 0.1) is 11.3 Å². The first kappa shape index (κ1) is 13.5. The summed E-state index contributed by atoms with van der Waals surface area (Å²) in [7, 11) is 0. The van der Waals surface area contributed by atoms with Crippen LogP contribution in [0.15, 0.2) is 22.9 Å². The summed E-state index contributed by atoms with van der Waals surface area (Å²) in [5.41, 5.74) is -0.185. The van der Waals surface area contributed by atoms with Crippen LogP contribution in [0.2, 0.25) is 0 Å². The number of hydrogen-bond acceptors (Lipinski definition) is 3. The van der Waals surface area contributed by atoms with Crippen LogP contribution in [0.5, 0.6) is 0 Å². The summed E-state index contributed by atoms with van der Waals surface area (Å²) in [6.45, 7) is 0.862. The van der Waals surface area contributed by atoms with Gasteiger partial charge in [-0.1, -0.05) is 6.42 Å². The van der Waals surface area contributed by atoms with E-state index in [4.69, 9.17) is 0 Å². The highest BCUT2D eigenvalue weighted by Crippen LogP contribution is 2.49. The summed E-state index contributed by atoms with van der Waals surface area (Å²) < 4.78 is 0.645. The highest BCUT2D eigenvalue weighted by atomic mass is 79.9. The molecule has 0 bridgehead atoms. The standard InChI is InChI=1S/C14H15BrN2O3/c15-11-6-16-5-3-10(11)12(18)17-7-9-2-1-4-14(9,8-17)13(19)20/h3,5-6,9H,1-2,4,7-8H2,(H,19,20)/t9-,14+/m0/s1. The highest BCUT2D eigenvalue weighted by molar-refractivity contribution is 9.10. The van der Waals surface area contributed by atoms with Gasteiger partial charge in [0, 0.05) is 30.0 Å². The highest BCUT2D eigenvalue weighted by Gasteiger charge is 2.55. The van der Waals surface area contributed by atoms with E-state index in [0.717, 1.165) is 12.8 Å². The zero-order valence-corrected chi connectivity index (χ0v) is 12.5. The summed E-state index contributed by atoms with van der Waals surface area (Å²) in [5.74, 6) is -0.789. The molecule has 20 heavy (non-hydrogen) atoms. The third-order valence-corrected chi connectivity index (χ3v) is 5.22. The van der Waals surface area contributed by atoms with E-state index >= 15 is 0 Å². The molecule has 0 radical (unpaired) electrons. The molecule has 1 aliphatic heterocycles. The number of carboxylic acid groups (broad SMARTS) is 1. The molecular weight excluding hydrogens is 324 g/mol. The van der Waals surface area contributed by atoms with E-state index in [0.29, 0.717) is 29.5 Å². The van der Waals surface area contributed by atoms with Crippen molar-refractivity contribution in [1.82, 2.24) is 9.88 Å². The number of aliphatic carboxylic acids is 1. The van der Waals surface area contributed by atoms with Crippen LogP contribution < -0.4 is 0 Å². The van der Waals surface area contributed by atoms with Gasteiger partial charge in [0.1, 0.15) is 0 Å². The molecule has 1 saturated carbocycles. The van der Waals surface area contributed by atoms with Gasteiger partial charge in [-0.2, -0.15) is 0 Å². The molecule has 1 saturated heterocycles. The molecule has 1 N–H and O–H groups in total. The number of pyridine rings is 1. The molecule has 3 rings (SSSR count). The number of aromatic nitrogens is 1. The first-order valence-electron chi connectivity index (χ1n) is 6.67. The Kier molecular flexibility index (Phi) is 3.28. The minimum absolute atomic E-state index is 0.0876. The molecule has 0 spiro atoms. The first-order valence-corrected chi connectivity index (χ1v) is 7.46. The van der Waals surface area contributed by atoms with Gasteiger partial charge in [-0.3, -0.25) is 14.6 Å². The van der Waals surface area contributed by atoms with Crippen molar-refractivity contribution >= 4 is 27.8 Å². The number of carboxylic acids is 1. The van der Waals surface area contributed by atoms with Crippen molar-refractivity contribution in [2.45, 2.75) is 19.3 Å². The molecule has 0 unspecified atom stereocenters. The van der Waals surface area contributed by atoms with Crippen LogP contribution in [-0.4, -0.2) is 40.0 Å². The van der Waals surface area contributed by atoms with Crippen LogP contribution in [0.25, 0.3) is 0 Å². The van der Waals surface area contributed by atoms with Gasteiger partial charge in [-0.05, 0) is 40.8 Å². The van der Waals surface area contributed by atoms with Gasteiger partial charge in [-0.15, -0.1) is 0 Å². The van der Waals surface area contributed by atoms with Crippen molar-refractivity contribution < 1.29 is 14.7 Å². The molecule has 6 heteroatoms.